The topological polar surface area (TPSA) is 83.0 Å². The van der Waals surface area contributed by atoms with Crippen molar-refractivity contribution in [1.82, 2.24) is 4.57 Å². The molecule has 2 aromatic heterocycles. The number of aromatic nitrogens is 1. The van der Waals surface area contributed by atoms with Crippen LogP contribution in [0.2, 0.25) is 0 Å². The Bertz CT molecular complexity index is 2090. The van der Waals surface area contributed by atoms with E-state index in [4.69, 9.17) is 18.9 Å². The van der Waals surface area contributed by atoms with Gasteiger partial charge in [-0.25, -0.2) is 9.79 Å². The third-order valence-corrected chi connectivity index (χ3v) is 8.16. The monoisotopic (exact) mass is 630 g/mol. The number of hydrogen-bond donors (Lipinski definition) is 0. The number of esters is 1. The van der Waals surface area contributed by atoms with E-state index in [0.29, 0.717) is 27.4 Å². The molecule has 45 heavy (non-hydrogen) atoms. The molecule has 1 atom stereocenters. The summed E-state index contributed by atoms with van der Waals surface area (Å²) in [5.41, 5.74) is 0.927. The molecule has 7 nitrogen and oxygen atoms in total. The first kappa shape index (κ1) is 29.9. The van der Waals surface area contributed by atoms with E-state index in [1.165, 1.54) is 22.8 Å². The Labute approximate surface area is 258 Å². The van der Waals surface area contributed by atoms with Gasteiger partial charge in [-0.05, 0) is 48.9 Å². The average molecular weight is 631 g/mol. The van der Waals surface area contributed by atoms with Gasteiger partial charge in [-0.1, -0.05) is 65.9 Å². The van der Waals surface area contributed by atoms with Gasteiger partial charge in [0.05, 0.1) is 41.1 Å². The summed E-state index contributed by atoms with van der Waals surface area (Å²) in [6, 6.07) is 23.3. The molecule has 0 saturated carbocycles. The molecule has 0 spiro atoms. The predicted molar refractivity (Wildman–Crippen MR) is 163 cm³/mol. The highest BCUT2D eigenvalue weighted by molar-refractivity contribution is 7.07. The van der Waals surface area contributed by atoms with Crippen LogP contribution in [0.15, 0.2) is 111 Å². The lowest BCUT2D eigenvalue weighted by Crippen LogP contribution is -2.40. The Morgan fingerprint density at radius 2 is 1.73 bits per heavy atom. The molecule has 0 saturated heterocycles. The van der Waals surface area contributed by atoms with E-state index in [0.717, 1.165) is 23.5 Å². The number of rotatable bonds is 7. The highest BCUT2D eigenvalue weighted by Gasteiger charge is 2.35. The number of benzene rings is 3. The van der Waals surface area contributed by atoms with Crippen molar-refractivity contribution in [3.8, 4) is 17.1 Å². The van der Waals surface area contributed by atoms with Crippen LogP contribution in [0, 0.1) is 0 Å². The first-order valence-electron chi connectivity index (χ1n) is 13.9. The van der Waals surface area contributed by atoms with E-state index in [-0.39, 0.29) is 33.8 Å². The van der Waals surface area contributed by atoms with Crippen LogP contribution in [0.4, 0.5) is 13.2 Å². The fourth-order valence-corrected chi connectivity index (χ4v) is 6.09. The van der Waals surface area contributed by atoms with Crippen molar-refractivity contribution in [2.75, 3.05) is 13.7 Å². The SMILES string of the molecule is CCOC(=O)C1=C(c2ccccc2)N=c2s/c(=C/c3ccc(-c4cccc(C(F)(F)F)c4)o3)c(=O)n2[C@H]1c1ccc(OC)cc1. The highest BCUT2D eigenvalue weighted by Crippen LogP contribution is 2.36. The molecule has 6 rings (SSSR count). The summed E-state index contributed by atoms with van der Waals surface area (Å²) in [4.78, 5) is 32.8. The van der Waals surface area contributed by atoms with Gasteiger partial charge < -0.3 is 13.9 Å². The maximum Gasteiger partial charge on any atom is 0.416 e. The van der Waals surface area contributed by atoms with Gasteiger partial charge in [-0.15, -0.1) is 0 Å². The molecule has 0 aliphatic carbocycles. The number of carbonyl (C=O) groups excluding carboxylic acids is 1. The number of nitrogens with zero attached hydrogens (tertiary/aromatic N) is 2. The summed E-state index contributed by atoms with van der Waals surface area (Å²) in [6.45, 7) is 1.83. The molecule has 0 unspecified atom stereocenters. The van der Waals surface area contributed by atoms with E-state index >= 15 is 0 Å². The van der Waals surface area contributed by atoms with E-state index in [1.807, 2.05) is 30.3 Å². The van der Waals surface area contributed by atoms with Crippen LogP contribution in [0.3, 0.4) is 0 Å². The second kappa shape index (κ2) is 12.1. The van der Waals surface area contributed by atoms with Crippen LogP contribution in [0.5, 0.6) is 5.75 Å². The summed E-state index contributed by atoms with van der Waals surface area (Å²) >= 11 is 1.11. The molecule has 0 amide bonds. The lowest BCUT2D eigenvalue weighted by molar-refractivity contribution is -0.139. The van der Waals surface area contributed by atoms with E-state index in [2.05, 4.69) is 0 Å². The fourth-order valence-electron chi connectivity index (χ4n) is 5.11. The predicted octanol–water partition coefficient (Wildman–Crippen LogP) is 6.22. The molecule has 0 radical (unpaired) electrons. The van der Waals surface area contributed by atoms with Gasteiger partial charge in [0.25, 0.3) is 5.56 Å². The van der Waals surface area contributed by atoms with Gasteiger partial charge in [0, 0.05) is 17.2 Å². The molecule has 3 aromatic carbocycles. The van der Waals surface area contributed by atoms with Gasteiger partial charge in [0.2, 0.25) is 0 Å². The molecule has 11 heteroatoms. The van der Waals surface area contributed by atoms with Crippen molar-refractivity contribution in [3.05, 3.63) is 139 Å². The summed E-state index contributed by atoms with van der Waals surface area (Å²) in [5.74, 6) is 0.478. The van der Waals surface area contributed by atoms with Crippen LogP contribution >= 0.6 is 11.3 Å². The molecule has 228 valence electrons. The Hall–Kier alpha value is -5.16. The van der Waals surface area contributed by atoms with Crippen LogP contribution < -0.4 is 19.6 Å². The Balaban J connectivity index is 1.52. The standard InChI is InChI=1S/C34H25F3N2O5S/c1-3-43-32(41)28-29(20-8-5-4-6-9-20)38-33-39(30(28)21-12-14-24(42-2)15-13-21)31(40)27(45-33)19-25-16-17-26(44-25)22-10-7-11-23(18-22)34(35,36)37/h4-19,30H,3H2,1-2H3/b27-19+/t30-/m0/s1. The van der Waals surface area contributed by atoms with Crippen LogP contribution in [0.25, 0.3) is 23.1 Å². The molecule has 5 aromatic rings. The van der Waals surface area contributed by atoms with Gasteiger partial charge in [0.1, 0.15) is 17.3 Å². The van der Waals surface area contributed by atoms with Crippen molar-refractivity contribution in [3.63, 3.8) is 0 Å². The summed E-state index contributed by atoms with van der Waals surface area (Å²) < 4.78 is 58.1. The van der Waals surface area contributed by atoms with Crippen LogP contribution in [-0.2, 0) is 15.7 Å². The quantitative estimate of drug-likeness (QED) is 0.200. The van der Waals surface area contributed by atoms with Crippen molar-refractivity contribution < 1.29 is 31.9 Å². The highest BCUT2D eigenvalue weighted by atomic mass is 32.1. The number of ether oxygens (including phenoxy) is 2. The number of furan rings is 1. The van der Waals surface area contributed by atoms with E-state index in [1.54, 1.807) is 50.4 Å². The number of fused-ring (bicyclic) bond motifs is 1. The number of hydrogen-bond acceptors (Lipinski definition) is 7. The molecule has 1 aliphatic heterocycles. The zero-order valence-corrected chi connectivity index (χ0v) is 24.8. The van der Waals surface area contributed by atoms with Gasteiger partial charge in [0.15, 0.2) is 4.80 Å². The van der Waals surface area contributed by atoms with Crippen molar-refractivity contribution >= 4 is 29.1 Å². The summed E-state index contributed by atoms with van der Waals surface area (Å²) in [5, 5.41) is 0. The van der Waals surface area contributed by atoms with Gasteiger partial charge in [-0.3, -0.25) is 9.36 Å². The minimum absolute atomic E-state index is 0.122. The number of alkyl halides is 3. The lowest BCUT2D eigenvalue weighted by Gasteiger charge is -2.26. The first-order chi connectivity index (χ1) is 21.7. The second-order valence-corrected chi connectivity index (χ2v) is 11.0. The summed E-state index contributed by atoms with van der Waals surface area (Å²) in [7, 11) is 1.54. The number of methoxy groups -OCH3 is 1. The number of thiazole rings is 1. The van der Waals surface area contributed by atoms with E-state index < -0.39 is 29.3 Å². The zero-order valence-electron chi connectivity index (χ0n) is 24.0. The Morgan fingerprint density at radius 1 is 1.00 bits per heavy atom. The minimum Gasteiger partial charge on any atom is -0.497 e. The second-order valence-electron chi connectivity index (χ2n) is 9.99. The molecular weight excluding hydrogens is 605 g/mol. The minimum atomic E-state index is -4.50. The molecule has 1 aliphatic rings. The smallest absolute Gasteiger partial charge is 0.416 e. The lowest BCUT2D eigenvalue weighted by atomic mass is 9.93. The first-order valence-corrected chi connectivity index (χ1v) is 14.7. The molecular formula is C34H25F3N2O5S. The van der Waals surface area contributed by atoms with Crippen LogP contribution in [0.1, 0.15) is 35.4 Å². The number of carbonyl (C=O) groups is 1. The maximum absolute atomic E-state index is 14.0. The third kappa shape index (κ3) is 5.86. The average Bonchev–Trinajstić information content (AvgIpc) is 3.64. The van der Waals surface area contributed by atoms with Gasteiger partial charge >= 0.3 is 12.1 Å². The molecule has 3 heterocycles. The molecule has 0 fully saturated rings. The van der Waals surface area contributed by atoms with Gasteiger partial charge in [-0.2, -0.15) is 13.2 Å². The maximum atomic E-state index is 14.0. The molecule has 0 N–H and O–H groups in total. The molecule has 0 bridgehead atoms. The van der Waals surface area contributed by atoms with Crippen molar-refractivity contribution in [2.24, 2.45) is 4.99 Å². The number of halogens is 3. The van der Waals surface area contributed by atoms with E-state index in [9.17, 15) is 22.8 Å². The largest absolute Gasteiger partial charge is 0.497 e. The summed E-state index contributed by atoms with van der Waals surface area (Å²) in [6.07, 6.45) is -2.98. The zero-order chi connectivity index (χ0) is 31.7. The Kier molecular flexibility index (Phi) is 8.03. The third-order valence-electron chi connectivity index (χ3n) is 7.18. The Morgan fingerprint density at radius 3 is 2.42 bits per heavy atom. The van der Waals surface area contributed by atoms with Crippen molar-refractivity contribution in [1.29, 1.82) is 0 Å². The normalized spacial score (nSPS) is 15.0. The fraction of sp³-hybridized carbons (Fsp3) is 0.147. The van der Waals surface area contributed by atoms with Crippen molar-refractivity contribution in [2.45, 2.75) is 19.1 Å². The van der Waals surface area contributed by atoms with Crippen LogP contribution in [-0.4, -0.2) is 24.3 Å².